The van der Waals surface area contributed by atoms with E-state index in [4.69, 9.17) is 4.74 Å². The summed E-state index contributed by atoms with van der Waals surface area (Å²) in [5.74, 6) is -2.83. The summed E-state index contributed by atoms with van der Waals surface area (Å²) in [6.07, 6.45) is 0. The van der Waals surface area contributed by atoms with E-state index < -0.39 is 33.7 Å². The fourth-order valence-corrected chi connectivity index (χ4v) is 1.68. The highest BCUT2D eigenvalue weighted by molar-refractivity contribution is 5.95. The van der Waals surface area contributed by atoms with Crippen LogP contribution in [0.5, 0.6) is 5.75 Å². The van der Waals surface area contributed by atoms with E-state index in [1.807, 2.05) is 0 Å². The molecule has 110 valence electrons. The number of phenolic OH excluding ortho intramolecular Hbond substituents is 1. The van der Waals surface area contributed by atoms with Gasteiger partial charge in [0.15, 0.2) is 5.69 Å². The van der Waals surface area contributed by atoms with E-state index in [-0.39, 0.29) is 18.0 Å². The van der Waals surface area contributed by atoms with Crippen LogP contribution < -0.4 is 0 Å². The fraction of sp³-hybridized carbons (Fsp3) is 0.182. The summed E-state index contributed by atoms with van der Waals surface area (Å²) >= 11 is 0. The van der Waals surface area contributed by atoms with E-state index >= 15 is 0 Å². The van der Waals surface area contributed by atoms with Crippen molar-refractivity contribution in [1.82, 2.24) is 15.4 Å². The third-order valence-electron chi connectivity index (χ3n) is 2.56. The molecule has 0 aliphatic carbocycles. The van der Waals surface area contributed by atoms with Crippen LogP contribution in [-0.2, 0) is 4.74 Å². The zero-order chi connectivity index (χ0) is 15.6. The van der Waals surface area contributed by atoms with Crippen LogP contribution in [0.1, 0.15) is 17.4 Å². The van der Waals surface area contributed by atoms with Crippen LogP contribution in [-0.4, -0.2) is 38.0 Å². The molecule has 2 aromatic rings. The maximum atomic E-state index is 13.9. The Morgan fingerprint density at radius 2 is 2.24 bits per heavy atom. The number of halogens is 1. The highest BCUT2D eigenvalue weighted by Gasteiger charge is 2.28. The number of aromatic hydroxyl groups is 1. The summed E-state index contributed by atoms with van der Waals surface area (Å²) in [5.41, 5.74) is -2.07. The smallest absolute Gasteiger partial charge is 0.361 e. The van der Waals surface area contributed by atoms with E-state index in [0.717, 1.165) is 12.1 Å². The summed E-state index contributed by atoms with van der Waals surface area (Å²) in [5, 5.41) is 29.7. The molecule has 9 nitrogen and oxygen atoms in total. The zero-order valence-corrected chi connectivity index (χ0v) is 10.7. The van der Waals surface area contributed by atoms with Crippen molar-refractivity contribution in [1.29, 1.82) is 0 Å². The molecule has 0 fully saturated rings. The van der Waals surface area contributed by atoms with E-state index in [0.29, 0.717) is 0 Å². The predicted molar refractivity (Wildman–Crippen MR) is 66.1 cm³/mol. The monoisotopic (exact) mass is 296 g/mol. The molecule has 10 heteroatoms. The van der Waals surface area contributed by atoms with Gasteiger partial charge < -0.3 is 9.84 Å². The molecule has 0 saturated heterocycles. The number of hydrogen-bond acceptors (Lipinski definition) is 7. The van der Waals surface area contributed by atoms with Crippen molar-refractivity contribution in [2.45, 2.75) is 6.92 Å². The first-order chi connectivity index (χ1) is 9.97. The number of aromatic amines is 1. The zero-order valence-electron chi connectivity index (χ0n) is 10.7. The summed E-state index contributed by atoms with van der Waals surface area (Å²) in [7, 11) is 0. The summed E-state index contributed by atoms with van der Waals surface area (Å²) in [6.45, 7) is 1.61. The predicted octanol–water partition coefficient (Wildman–Crippen LogP) is 1.40. The number of phenols is 1. The van der Waals surface area contributed by atoms with Crippen LogP contribution in [0, 0.1) is 15.9 Å². The molecule has 0 aliphatic rings. The Bertz CT molecular complexity index is 715. The van der Waals surface area contributed by atoms with Crippen molar-refractivity contribution in [3.05, 3.63) is 33.8 Å². The van der Waals surface area contributed by atoms with Crippen molar-refractivity contribution in [3.8, 4) is 17.0 Å². The second-order valence-electron chi connectivity index (χ2n) is 3.79. The maximum Gasteiger partial charge on any atom is 0.361 e. The van der Waals surface area contributed by atoms with Crippen molar-refractivity contribution in [2.24, 2.45) is 0 Å². The van der Waals surface area contributed by atoms with Gasteiger partial charge in [-0.25, -0.2) is 9.18 Å². The SMILES string of the molecule is CCOC(=O)c1n[nH]nc1-c1c(F)ccc([N+](=O)[O-])c1O. The highest BCUT2D eigenvalue weighted by atomic mass is 19.1. The second-order valence-corrected chi connectivity index (χ2v) is 3.79. The molecule has 0 unspecified atom stereocenters. The van der Waals surface area contributed by atoms with E-state index in [1.165, 1.54) is 0 Å². The van der Waals surface area contributed by atoms with Gasteiger partial charge in [0.1, 0.15) is 11.5 Å². The van der Waals surface area contributed by atoms with E-state index in [9.17, 15) is 24.4 Å². The van der Waals surface area contributed by atoms with Crippen LogP contribution in [0.3, 0.4) is 0 Å². The summed E-state index contributed by atoms with van der Waals surface area (Å²) < 4.78 is 18.6. The van der Waals surface area contributed by atoms with Gasteiger partial charge >= 0.3 is 11.7 Å². The number of esters is 1. The Labute approximate surface area is 116 Å². The lowest BCUT2D eigenvalue weighted by Gasteiger charge is -2.05. The van der Waals surface area contributed by atoms with Crippen molar-refractivity contribution in [2.75, 3.05) is 6.61 Å². The largest absolute Gasteiger partial charge is 0.502 e. The lowest BCUT2D eigenvalue weighted by molar-refractivity contribution is -0.385. The molecular weight excluding hydrogens is 287 g/mol. The molecule has 0 radical (unpaired) electrons. The molecule has 2 rings (SSSR count). The standard InChI is InChI=1S/C11H9FN4O5/c1-2-21-11(18)9-8(13-15-14-9)7-5(12)3-4-6(10(7)17)16(19)20/h3-4,17H,2H2,1H3,(H,13,14,15). The third-order valence-corrected chi connectivity index (χ3v) is 2.56. The topological polar surface area (TPSA) is 131 Å². The molecule has 2 N–H and O–H groups in total. The molecular formula is C11H9FN4O5. The Kier molecular flexibility index (Phi) is 3.78. The van der Waals surface area contributed by atoms with Gasteiger partial charge in [-0.2, -0.15) is 10.3 Å². The number of rotatable bonds is 4. The molecule has 21 heavy (non-hydrogen) atoms. The van der Waals surface area contributed by atoms with Gasteiger partial charge in [0.05, 0.1) is 17.1 Å². The van der Waals surface area contributed by atoms with Gasteiger partial charge in [-0.15, -0.1) is 5.10 Å². The number of nitro benzene ring substituents is 1. The molecule has 0 saturated carbocycles. The van der Waals surface area contributed by atoms with Gasteiger partial charge in [0, 0.05) is 6.07 Å². The summed E-state index contributed by atoms with van der Waals surface area (Å²) in [4.78, 5) is 21.5. The number of carbonyl (C=O) groups is 1. The summed E-state index contributed by atoms with van der Waals surface area (Å²) in [6, 6.07) is 1.59. The minimum atomic E-state index is -0.988. The lowest BCUT2D eigenvalue weighted by atomic mass is 10.1. The van der Waals surface area contributed by atoms with Crippen LogP contribution >= 0.6 is 0 Å². The molecule has 0 bridgehead atoms. The number of H-pyrrole nitrogens is 1. The number of nitrogens with one attached hydrogen (secondary N) is 1. The number of ether oxygens (including phenoxy) is 1. The number of carbonyl (C=O) groups excluding carboxylic acids is 1. The minimum Gasteiger partial charge on any atom is -0.502 e. The van der Waals surface area contributed by atoms with Crippen LogP contribution in [0.2, 0.25) is 0 Å². The molecule has 1 aromatic heterocycles. The molecule has 0 atom stereocenters. The molecule has 1 heterocycles. The minimum absolute atomic E-state index is 0.0501. The van der Waals surface area contributed by atoms with E-state index in [1.54, 1.807) is 6.92 Å². The maximum absolute atomic E-state index is 13.9. The number of hydrogen-bond donors (Lipinski definition) is 2. The fourth-order valence-electron chi connectivity index (χ4n) is 1.68. The first-order valence-electron chi connectivity index (χ1n) is 5.71. The third kappa shape index (κ3) is 2.50. The number of nitrogens with zero attached hydrogens (tertiary/aromatic N) is 3. The molecule has 0 aliphatic heterocycles. The second kappa shape index (κ2) is 5.53. The quantitative estimate of drug-likeness (QED) is 0.495. The number of nitro groups is 1. The van der Waals surface area contributed by atoms with Crippen LogP contribution in [0.25, 0.3) is 11.3 Å². The van der Waals surface area contributed by atoms with Gasteiger partial charge in [-0.05, 0) is 13.0 Å². The van der Waals surface area contributed by atoms with Gasteiger partial charge in [-0.3, -0.25) is 10.1 Å². The average Bonchev–Trinajstić information content (AvgIpc) is 2.87. The molecule has 0 amide bonds. The average molecular weight is 296 g/mol. The number of aromatic nitrogens is 3. The Hall–Kier alpha value is -3.04. The normalized spacial score (nSPS) is 10.4. The Morgan fingerprint density at radius 1 is 1.52 bits per heavy atom. The first kappa shape index (κ1) is 14.4. The molecule has 0 spiro atoms. The number of benzene rings is 1. The first-order valence-corrected chi connectivity index (χ1v) is 5.71. The Balaban J connectivity index is 2.63. The van der Waals surface area contributed by atoms with Gasteiger partial charge in [0.25, 0.3) is 0 Å². The van der Waals surface area contributed by atoms with Crippen molar-refractivity contribution in [3.63, 3.8) is 0 Å². The lowest BCUT2D eigenvalue weighted by Crippen LogP contribution is -2.07. The van der Waals surface area contributed by atoms with Gasteiger partial charge in [-0.1, -0.05) is 0 Å². The van der Waals surface area contributed by atoms with Gasteiger partial charge in [0.2, 0.25) is 5.75 Å². The Morgan fingerprint density at radius 3 is 2.86 bits per heavy atom. The van der Waals surface area contributed by atoms with Crippen LogP contribution in [0.15, 0.2) is 12.1 Å². The van der Waals surface area contributed by atoms with Crippen molar-refractivity contribution >= 4 is 11.7 Å². The highest BCUT2D eigenvalue weighted by Crippen LogP contribution is 2.38. The van der Waals surface area contributed by atoms with Crippen molar-refractivity contribution < 1.29 is 24.0 Å². The van der Waals surface area contributed by atoms with Crippen LogP contribution in [0.4, 0.5) is 10.1 Å². The molecule has 1 aromatic carbocycles. The van der Waals surface area contributed by atoms with E-state index in [2.05, 4.69) is 15.4 Å².